The molecule has 60 valence electrons. The highest BCUT2D eigenvalue weighted by atomic mass is 16.1. The van der Waals surface area contributed by atoms with E-state index in [1.165, 1.54) is 0 Å². The number of hydrogen-bond donors (Lipinski definition) is 3. The Hall–Kier alpha value is -0.610. The fraction of sp³-hybridized carbons (Fsp3) is 0.833. The van der Waals surface area contributed by atoms with Gasteiger partial charge in [-0.05, 0) is 13.8 Å². The van der Waals surface area contributed by atoms with Gasteiger partial charge in [0, 0.05) is 12.6 Å². The van der Waals surface area contributed by atoms with Crippen LogP contribution in [0.1, 0.15) is 13.8 Å². The first-order valence-corrected chi connectivity index (χ1v) is 3.33. The first-order valence-electron chi connectivity index (χ1n) is 3.33. The van der Waals surface area contributed by atoms with Crippen molar-refractivity contribution in [3.8, 4) is 0 Å². The normalized spacial score (nSPS) is 16.3. The minimum Gasteiger partial charge on any atom is -0.368 e. The van der Waals surface area contributed by atoms with Crippen molar-refractivity contribution in [2.24, 2.45) is 11.5 Å². The Bertz CT molecular complexity index is 116. The summed E-state index contributed by atoms with van der Waals surface area (Å²) in [4.78, 5) is 10.5. The maximum atomic E-state index is 10.5. The molecule has 0 aromatic heterocycles. The van der Waals surface area contributed by atoms with Crippen LogP contribution in [-0.4, -0.2) is 24.5 Å². The van der Waals surface area contributed by atoms with Gasteiger partial charge in [0.1, 0.15) is 0 Å². The van der Waals surface area contributed by atoms with Gasteiger partial charge in [-0.25, -0.2) is 0 Å². The summed E-state index contributed by atoms with van der Waals surface area (Å²) in [7, 11) is 0. The van der Waals surface area contributed by atoms with E-state index in [4.69, 9.17) is 11.5 Å². The van der Waals surface area contributed by atoms with Crippen LogP contribution in [0.25, 0.3) is 0 Å². The molecule has 0 aliphatic heterocycles. The first kappa shape index (κ1) is 9.39. The zero-order chi connectivity index (χ0) is 8.15. The van der Waals surface area contributed by atoms with Crippen molar-refractivity contribution >= 4 is 5.91 Å². The van der Waals surface area contributed by atoms with Crippen molar-refractivity contribution in [3.63, 3.8) is 0 Å². The van der Waals surface area contributed by atoms with E-state index in [0.29, 0.717) is 6.54 Å². The summed E-state index contributed by atoms with van der Waals surface area (Å²) in [5, 5.41) is 2.93. The minimum atomic E-state index is -0.347. The van der Waals surface area contributed by atoms with Gasteiger partial charge in [0.2, 0.25) is 5.91 Å². The van der Waals surface area contributed by atoms with Crippen molar-refractivity contribution < 1.29 is 4.79 Å². The molecule has 0 fully saturated rings. The Kier molecular flexibility index (Phi) is 3.99. The van der Waals surface area contributed by atoms with Gasteiger partial charge in [0.25, 0.3) is 0 Å². The molecule has 0 aromatic rings. The van der Waals surface area contributed by atoms with Crippen LogP contribution in [-0.2, 0) is 4.79 Å². The second kappa shape index (κ2) is 4.24. The standard InChI is InChI=1S/C6H15N3O/c1-4(3-7)9-5(2)6(8)10/h4-5,9H,3,7H2,1-2H3,(H2,8,10). The fourth-order valence-electron chi connectivity index (χ4n) is 0.577. The number of carbonyl (C=O) groups excluding carboxylic acids is 1. The Balaban J connectivity index is 3.56. The van der Waals surface area contributed by atoms with Crippen molar-refractivity contribution in [3.05, 3.63) is 0 Å². The number of amides is 1. The van der Waals surface area contributed by atoms with Crippen LogP contribution < -0.4 is 16.8 Å². The molecule has 0 aromatic carbocycles. The molecule has 0 bridgehead atoms. The van der Waals surface area contributed by atoms with E-state index in [-0.39, 0.29) is 18.0 Å². The average molecular weight is 145 g/mol. The van der Waals surface area contributed by atoms with Crippen LogP contribution in [0.4, 0.5) is 0 Å². The van der Waals surface area contributed by atoms with Crippen molar-refractivity contribution in [1.82, 2.24) is 5.32 Å². The van der Waals surface area contributed by atoms with Crippen LogP contribution in [0.3, 0.4) is 0 Å². The predicted octanol–water partition coefficient (Wildman–Crippen LogP) is -1.20. The lowest BCUT2D eigenvalue weighted by atomic mass is 10.2. The monoisotopic (exact) mass is 145 g/mol. The van der Waals surface area contributed by atoms with Crippen LogP contribution in [0.5, 0.6) is 0 Å². The number of hydrogen-bond acceptors (Lipinski definition) is 3. The van der Waals surface area contributed by atoms with E-state index in [1.807, 2.05) is 6.92 Å². The van der Waals surface area contributed by atoms with Crippen molar-refractivity contribution in [1.29, 1.82) is 0 Å². The highest BCUT2D eigenvalue weighted by Gasteiger charge is 2.09. The van der Waals surface area contributed by atoms with Crippen LogP contribution in [0, 0.1) is 0 Å². The van der Waals surface area contributed by atoms with E-state index < -0.39 is 0 Å². The zero-order valence-corrected chi connectivity index (χ0v) is 6.42. The zero-order valence-electron chi connectivity index (χ0n) is 6.42. The van der Waals surface area contributed by atoms with Gasteiger partial charge in [-0.1, -0.05) is 0 Å². The van der Waals surface area contributed by atoms with Crippen LogP contribution in [0.2, 0.25) is 0 Å². The number of nitrogens with one attached hydrogen (secondary N) is 1. The topological polar surface area (TPSA) is 81.1 Å². The number of primary amides is 1. The van der Waals surface area contributed by atoms with Crippen molar-refractivity contribution in [2.75, 3.05) is 6.54 Å². The van der Waals surface area contributed by atoms with E-state index in [2.05, 4.69) is 5.32 Å². The Morgan fingerprint density at radius 3 is 2.40 bits per heavy atom. The molecular weight excluding hydrogens is 130 g/mol. The fourth-order valence-corrected chi connectivity index (χ4v) is 0.577. The number of carbonyl (C=O) groups is 1. The molecule has 0 saturated carbocycles. The van der Waals surface area contributed by atoms with Gasteiger partial charge < -0.3 is 16.8 Å². The molecule has 5 N–H and O–H groups in total. The largest absolute Gasteiger partial charge is 0.368 e. The lowest BCUT2D eigenvalue weighted by molar-refractivity contribution is -0.119. The second-order valence-electron chi connectivity index (χ2n) is 2.43. The third-order valence-electron chi connectivity index (χ3n) is 1.31. The summed E-state index contributed by atoms with van der Waals surface area (Å²) >= 11 is 0. The smallest absolute Gasteiger partial charge is 0.234 e. The summed E-state index contributed by atoms with van der Waals surface area (Å²) in [6, 6.07) is -0.152. The summed E-state index contributed by atoms with van der Waals surface area (Å²) in [6.07, 6.45) is 0. The van der Waals surface area contributed by atoms with Gasteiger partial charge in [-0.3, -0.25) is 4.79 Å². The molecule has 4 nitrogen and oxygen atoms in total. The molecule has 2 unspecified atom stereocenters. The molecule has 4 heteroatoms. The number of rotatable bonds is 4. The molecule has 2 atom stereocenters. The maximum absolute atomic E-state index is 10.5. The predicted molar refractivity (Wildman–Crippen MR) is 40.3 cm³/mol. The highest BCUT2D eigenvalue weighted by Crippen LogP contribution is 1.82. The van der Waals surface area contributed by atoms with Gasteiger partial charge in [0.15, 0.2) is 0 Å². The molecule has 0 aliphatic carbocycles. The third-order valence-corrected chi connectivity index (χ3v) is 1.31. The van der Waals surface area contributed by atoms with E-state index >= 15 is 0 Å². The molecule has 10 heavy (non-hydrogen) atoms. The first-order chi connectivity index (χ1) is 4.57. The van der Waals surface area contributed by atoms with Gasteiger partial charge in [0.05, 0.1) is 6.04 Å². The summed E-state index contributed by atoms with van der Waals surface area (Å²) in [6.45, 7) is 4.13. The van der Waals surface area contributed by atoms with Gasteiger partial charge in [-0.15, -0.1) is 0 Å². The summed E-state index contributed by atoms with van der Waals surface area (Å²) in [5.41, 5.74) is 10.3. The van der Waals surface area contributed by atoms with E-state index in [0.717, 1.165) is 0 Å². The molecular formula is C6H15N3O. The molecule has 0 heterocycles. The average Bonchev–Trinajstić information content (AvgIpc) is 1.87. The van der Waals surface area contributed by atoms with Gasteiger partial charge >= 0.3 is 0 Å². The molecule has 0 radical (unpaired) electrons. The highest BCUT2D eigenvalue weighted by molar-refractivity contribution is 5.79. The molecule has 0 rings (SSSR count). The lowest BCUT2D eigenvalue weighted by Crippen LogP contribution is -2.46. The second-order valence-corrected chi connectivity index (χ2v) is 2.43. The molecule has 0 aliphatic rings. The number of nitrogens with two attached hydrogens (primary N) is 2. The molecule has 1 amide bonds. The maximum Gasteiger partial charge on any atom is 0.234 e. The Morgan fingerprint density at radius 2 is 2.10 bits per heavy atom. The Labute approximate surface area is 61.0 Å². The van der Waals surface area contributed by atoms with E-state index in [9.17, 15) is 4.79 Å². The quantitative estimate of drug-likeness (QED) is 0.464. The SMILES string of the molecule is CC(CN)NC(C)C(N)=O. The Morgan fingerprint density at radius 1 is 1.60 bits per heavy atom. The van der Waals surface area contributed by atoms with E-state index in [1.54, 1.807) is 6.92 Å². The molecule has 0 spiro atoms. The van der Waals surface area contributed by atoms with Crippen molar-refractivity contribution in [2.45, 2.75) is 25.9 Å². The lowest BCUT2D eigenvalue weighted by Gasteiger charge is -2.14. The van der Waals surface area contributed by atoms with Crippen LogP contribution in [0.15, 0.2) is 0 Å². The minimum absolute atomic E-state index is 0.141. The summed E-state index contributed by atoms with van der Waals surface area (Å²) < 4.78 is 0. The third kappa shape index (κ3) is 3.42. The molecule has 0 saturated heterocycles. The van der Waals surface area contributed by atoms with Crippen LogP contribution >= 0.6 is 0 Å². The van der Waals surface area contributed by atoms with Gasteiger partial charge in [-0.2, -0.15) is 0 Å². The summed E-state index contributed by atoms with van der Waals surface area (Å²) in [5.74, 6) is -0.347.